The van der Waals surface area contributed by atoms with Crippen molar-refractivity contribution in [2.24, 2.45) is 5.92 Å². The summed E-state index contributed by atoms with van der Waals surface area (Å²) in [6.07, 6.45) is 1.02. The molecule has 104 valence electrons. The van der Waals surface area contributed by atoms with Gasteiger partial charge in [-0.25, -0.2) is 4.98 Å². The predicted octanol–water partition coefficient (Wildman–Crippen LogP) is 3.32. The van der Waals surface area contributed by atoms with Crippen LogP contribution in [-0.4, -0.2) is 23.1 Å². The first kappa shape index (κ1) is 14.1. The minimum Gasteiger partial charge on any atom is -0.368 e. The number of aromatic nitrogens is 2. The molecule has 4 nitrogen and oxygen atoms in total. The van der Waals surface area contributed by atoms with Crippen LogP contribution in [-0.2, 0) is 6.42 Å². The van der Waals surface area contributed by atoms with Gasteiger partial charge in [-0.3, -0.25) is 0 Å². The molecule has 0 atom stereocenters. The van der Waals surface area contributed by atoms with Gasteiger partial charge in [0.25, 0.3) is 0 Å². The number of thiophene rings is 1. The van der Waals surface area contributed by atoms with Crippen molar-refractivity contribution < 1.29 is 0 Å². The Morgan fingerprint density at radius 3 is 2.63 bits per heavy atom. The van der Waals surface area contributed by atoms with Gasteiger partial charge in [0.15, 0.2) is 0 Å². The topological polar surface area (TPSA) is 55.0 Å². The number of hydrogen-bond acceptors (Lipinski definition) is 5. The highest BCUT2D eigenvalue weighted by atomic mass is 32.1. The standard InChI is InChI=1S/C14H22N4S/c1-5-10-7-11-12(18(6-2)8-9(3)4)16-14(15)17-13(11)19-10/h7,9H,5-6,8H2,1-4H3,(H2,15,16,17). The van der Waals surface area contributed by atoms with E-state index in [0.29, 0.717) is 11.9 Å². The second-order valence-electron chi connectivity index (χ2n) is 5.12. The maximum atomic E-state index is 5.86. The van der Waals surface area contributed by atoms with Gasteiger partial charge in [-0.05, 0) is 25.3 Å². The number of anilines is 2. The van der Waals surface area contributed by atoms with Crippen LogP contribution in [0.3, 0.4) is 0 Å². The molecule has 0 aliphatic rings. The van der Waals surface area contributed by atoms with Gasteiger partial charge in [0.1, 0.15) is 10.6 Å². The Hall–Kier alpha value is -1.36. The molecule has 19 heavy (non-hydrogen) atoms. The van der Waals surface area contributed by atoms with Crippen molar-refractivity contribution >= 4 is 33.3 Å². The molecule has 0 aromatic carbocycles. The Morgan fingerprint density at radius 1 is 1.32 bits per heavy atom. The number of fused-ring (bicyclic) bond motifs is 1. The highest BCUT2D eigenvalue weighted by Gasteiger charge is 2.16. The van der Waals surface area contributed by atoms with E-state index >= 15 is 0 Å². The van der Waals surface area contributed by atoms with Gasteiger partial charge in [-0.2, -0.15) is 4.98 Å². The van der Waals surface area contributed by atoms with Crippen molar-refractivity contribution in [3.63, 3.8) is 0 Å². The first-order valence-electron chi connectivity index (χ1n) is 6.86. The normalized spacial score (nSPS) is 11.4. The maximum Gasteiger partial charge on any atom is 0.223 e. The summed E-state index contributed by atoms with van der Waals surface area (Å²) in [4.78, 5) is 13.5. The van der Waals surface area contributed by atoms with Crippen LogP contribution >= 0.6 is 11.3 Å². The molecule has 0 aliphatic heterocycles. The van der Waals surface area contributed by atoms with Crippen LogP contribution in [0.5, 0.6) is 0 Å². The lowest BCUT2D eigenvalue weighted by Crippen LogP contribution is -2.28. The molecule has 2 heterocycles. The van der Waals surface area contributed by atoms with E-state index in [4.69, 9.17) is 5.73 Å². The molecule has 5 heteroatoms. The highest BCUT2D eigenvalue weighted by Crippen LogP contribution is 2.32. The fourth-order valence-electron chi connectivity index (χ4n) is 2.19. The predicted molar refractivity (Wildman–Crippen MR) is 83.9 cm³/mol. The van der Waals surface area contributed by atoms with Gasteiger partial charge in [-0.15, -0.1) is 11.3 Å². The summed E-state index contributed by atoms with van der Waals surface area (Å²) in [5.41, 5.74) is 5.86. The van der Waals surface area contributed by atoms with Crippen molar-refractivity contribution in [1.82, 2.24) is 9.97 Å². The first-order valence-corrected chi connectivity index (χ1v) is 7.67. The van der Waals surface area contributed by atoms with Gasteiger partial charge in [-0.1, -0.05) is 20.8 Å². The summed E-state index contributed by atoms with van der Waals surface area (Å²) >= 11 is 1.71. The van der Waals surface area contributed by atoms with Crippen LogP contribution in [0.15, 0.2) is 6.07 Å². The molecule has 0 radical (unpaired) electrons. The SMILES string of the molecule is CCc1cc2c(N(CC)CC(C)C)nc(N)nc2s1. The molecule has 2 N–H and O–H groups in total. The minimum atomic E-state index is 0.370. The largest absolute Gasteiger partial charge is 0.368 e. The average Bonchev–Trinajstić information content (AvgIpc) is 2.77. The highest BCUT2D eigenvalue weighted by molar-refractivity contribution is 7.18. The fourth-order valence-corrected chi connectivity index (χ4v) is 3.16. The van der Waals surface area contributed by atoms with Crippen molar-refractivity contribution in [2.75, 3.05) is 23.7 Å². The van der Waals surface area contributed by atoms with Crippen LogP contribution in [0.1, 0.15) is 32.6 Å². The lowest BCUT2D eigenvalue weighted by atomic mass is 10.2. The van der Waals surface area contributed by atoms with E-state index < -0.39 is 0 Å². The van der Waals surface area contributed by atoms with Crippen LogP contribution in [0.4, 0.5) is 11.8 Å². The molecule has 0 bridgehead atoms. The molecule has 0 spiro atoms. The Bertz CT molecular complexity index is 562. The molecule has 0 unspecified atom stereocenters. The van der Waals surface area contributed by atoms with E-state index in [0.717, 1.165) is 35.5 Å². The van der Waals surface area contributed by atoms with Gasteiger partial charge in [0.2, 0.25) is 5.95 Å². The zero-order valence-corrected chi connectivity index (χ0v) is 12.9. The zero-order chi connectivity index (χ0) is 14.0. The molecule has 2 aromatic rings. The Kier molecular flexibility index (Phi) is 4.24. The summed E-state index contributed by atoms with van der Waals surface area (Å²) in [5.74, 6) is 1.94. The van der Waals surface area contributed by atoms with Crippen molar-refractivity contribution in [2.45, 2.75) is 34.1 Å². The average molecular weight is 278 g/mol. The quantitative estimate of drug-likeness (QED) is 0.911. The molecule has 0 saturated heterocycles. The molecule has 2 aromatic heterocycles. The van der Waals surface area contributed by atoms with Crippen LogP contribution in [0, 0.1) is 5.92 Å². The summed E-state index contributed by atoms with van der Waals surface area (Å²) < 4.78 is 0. The molecule has 0 fully saturated rings. The molecule has 0 saturated carbocycles. The van der Waals surface area contributed by atoms with Gasteiger partial charge >= 0.3 is 0 Å². The molecular formula is C14H22N4S. The zero-order valence-electron chi connectivity index (χ0n) is 12.1. The van der Waals surface area contributed by atoms with E-state index in [1.54, 1.807) is 11.3 Å². The minimum absolute atomic E-state index is 0.370. The lowest BCUT2D eigenvalue weighted by molar-refractivity contribution is 0.616. The summed E-state index contributed by atoms with van der Waals surface area (Å²) in [6.45, 7) is 10.7. The van der Waals surface area contributed by atoms with E-state index in [9.17, 15) is 0 Å². The van der Waals surface area contributed by atoms with Crippen LogP contribution in [0.25, 0.3) is 10.2 Å². The third-order valence-corrected chi connectivity index (χ3v) is 4.23. The summed E-state index contributed by atoms with van der Waals surface area (Å²) in [5, 5.41) is 1.14. The number of nitrogens with zero attached hydrogens (tertiary/aromatic N) is 3. The third kappa shape index (κ3) is 2.97. The van der Waals surface area contributed by atoms with Gasteiger partial charge < -0.3 is 10.6 Å². The molecule has 2 rings (SSSR count). The maximum absolute atomic E-state index is 5.86. The third-order valence-electron chi connectivity index (χ3n) is 3.06. The van der Waals surface area contributed by atoms with Crippen molar-refractivity contribution in [3.05, 3.63) is 10.9 Å². The second kappa shape index (κ2) is 5.74. The molecular weight excluding hydrogens is 256 g/mol. The fraction of sp³-hybridized carbons (Fsp3) is 0.571. The van der Waals surface area contributed by atoms with E-state index in [2.05, 4.69) is 48.6 Å². The number of hydrogen-bond donors (Lipinski definition) is 1. The van der Waals surface area contributed by atoms with Crippen LogP contribution in [0.2, 0.25) is 0 Å². The van der Waals surface area contributed by atoms with Crippen LogP contribution < -0.4 is 10.6 Å². The van der Waals surface area contributed by atoms with Crippen molar-refractivity contribution in [3.8, 4) is 0 Å². The number of nitrogens with two attached hydrogens (primary N) is 1. The Labute approximate surface area is 118 Å². The van der Waals surface area contributed by atoms with E-state index in [1.807, 2.05) is 0 Å². The first-order chi connectivity index (χ1) is 9.05. The summed E-state index contributed by atoms with van der Waals surface area (Å²) in [7, 11) is 0. The number of aryl methyl sites for hydroxylation is 1. The van der Waals surface area contributed by atoms with Gasteiger partial charge in [0.05, 0.1) is 5.39 Å². The Balaban J connectivity index is 2.53. The van der Waals surface area contributed by atoms with E-state index in [1.165, 1.54) is 4.88 Å². The van der Waals surface area contributed by atoms with Gasteiger partial charge in [0, 0.05) is 18.0 Å². The monoisotopic (exact) mass is 278 g/mol. The second-order valence-corrected chi connectivity index (χ2v) is 6.24. The number of rotatable bonds is 5. The van der Waals surface area contributed by atoms with Crippen molar-refractivity contribution in [1.29, 1.82) is 0 Å². The van der Waals surface area contributed by atoms with E-state index in [-0.39, 0.29) is 0 Å². The molecule has 0 aliphatic carbocycles. The summed E-state index contributed by atoms with van der Waals surface area (Å²) in [6, 6.07) is 2.21. The Morgan fingerprint density at radius 2 is 2.05 bits per heavy atom. The lowest BCUT2D eigenvalue weighted by Gasteiger charge is -2.24. The smallest absolute Gasteiger partial charge is 0.223 e. The number of nitrogen functional groups attached to an aromatic ring is 1. The molecule has 0 amide bonds.